The lowest BCUT2D eigenvalue weighted by Gasteiger charge is -2.51. The quantitative estimate of drug-likeness (QED) is 0.185. The Hall–Kier alpha value is -3.92. The number of fused-ring (bicyclic) bond motifs is 2. The number of amides is 3. The molecule has 11 nitrogen and oxygen atoms in total. The molecule has 1 saturated heterocycles. The highest BCUT2D eigenvalue weighted by Crippen LogP contribution is 2.45. The molecule has 3 aromatic rings. The van der Waals surface area contributed by atoms with Crippen molar-refractivity contribution in [2.24, 2.45) is 0 Å². The maximum absolute atomic E-state index is 15.3. The fraction of sp³-hybridized carbons (Fsp3) is 0.512. The lowest BCUT2D eigenvalue weighted by atomic mass is 9.83. The van der Waals surface area contributed by atoms with Gasteiger partial charge in [-0.3, -0.25) is 9.69 Å². The topological polar surface area (TPSA) is 111 Å². The van der Waals surface area contributed by atoms with Gasteiger partial charge in [0.1, 0.15) is 24.4 Å². The van der Waals surface area contributed by atoms with Crippen molar-refractivity contribution in [1.82, 2.24) is 19.7 Å². The second kappa shape index (κ2) is 17.2. The molecule has 18 heteroatoms. The molecule has 0 spiro atoms. The smallest absolute Gasteiger partial charge is 0.417 e. The fourth-order valence-electron chi connectivity index (χ4n) is 7.05. The van der Waals surface area contributed by atoms with E-state index in [1.54, 1.807) is 59.9 Å². The van der Waals surface area contributed by atoms with E-state index in [1.165, 1.54) is 38.2 Å². The Morgan fingerprint density at radius 1 is 0.915 bits per heavy atom. The van der Waals surface area contributed by atoms with Gasteiger partial charge in [0.25, 0.3) is 11.1 Å². The number of rotatable bonds is 10. The first-order valence-corrected chi connectivity index (χ1v) is 21.0. The summed E-state index contributed by atoms with van der Waals surface area (Å²) in [6.07, 6.45) is -3.11. The molecule has 2 aromatic carbocycles. The molecule has 0 radical (unpaired) electrons. The summed E-state index contributed by atoms with van der Waals surface area (Å²) in [5.74, 6) is -0.193. The number of hydrogen-bond acceptors (Lipinski definition) is 9. The molecule has 1 aromatic heterocycles. The van der Waals surface area contributed by atoms with Crippen molar-refractivity contribution < 1.29 is 46.5 Å². The number of hydrogen-bond donors (Lipinski definition) is 0. The van der Waals surface area contributed by atoms with E-state index in [0.717, 1.165) is 11.6 Å². The van der Waals surface area contributed by atoms with Gasteiger partial charge in [-0.2, -0.15) is 13.2 Å². The fourth-order valence-corrected chi connectivity index (χ4v) is 8.91. The summed E-state index contributed by atoms with van der Waals surface area (Å²) in [6.45, 7) is 12.2. The van der Waals surface area contributed by atoms with Gasteiger partial charge >= 0.3 is 18.4 Å². The number of benzene rings is 2. The number of alkyl halides is 3. The van der Waals surface area contributed by atoms with Gasteiger partial charge in [0.05, 0.1) is 37.6 Å². The number of thiazole rings is 1. The SMILES string of the molecule is Cc1cc(Cl)c(OCCOc2ncc(C3=C(C(=O)N(Cc4cccc(C(F)(F)F)c4Cl)C4CC4)C4CN(C(=O)OC(C)(C)C)CC(C3)N4C(=O)OC(C)(C)C)s2)c(Cl)c1. The minimum absolute atomic E-state index is 0.0748. The van der Waals surface area contributed by atoms with Gasteiger partial charge in [-0.1, -0.05) is 58.3 Å². The third kappa shape index (κ3) is 10.7. The predicted molar refractivity (Wildman–Crippen MR) is 219 cm³/mol. The molecular weight excluding hydrogens is 856 g/mol. The number of carbonyl (C=O) groups is 3. The van der Waals surface area contributed by atoms with E-state index in [2.05, 4.69) is 4.98 Å². The van der Waals surface area contributed by atoms with E-state index >= 15 is 4.79 Å². The molecule has 3 amide bonds. The normalized spacial score (nSPS) is 18.5. The van der Waals surface area contributed by atoms with Gasteiger partial charge in [-0.25, -0.2) is 14.6 Å². The molecule has 1 aliphatic carbocycles. The van der Waals surface area contributed by atoms with Crippen LogP contribution in [0.5, 0.6) is 10.9 Å². The minimum Gasteiger partial charge on any atom is -0.487 e. The number of aromatic nitrogens is 1. The lowest BCUT2D eigenvalue weighted by molar-refractivity contribution is -0.137. The van der Waals surface area contributed by atoms with E-state index < -0.39 is 58.1 Å². The van der Waals surface area contributed by atoms with Crippen molar-refractivity contribution in [3.63, 3.8) is 0 Å². The Bertz CT molecular complexity index is 2110. The van der Waals surface area contributed by atoms with E-state index in [4.69, 9.17) is 53.8 Å². The summed E-state index contributed by atoms with van der Waals surface area (Å²) in [5, 5.41) is 0.494. The molecule has 2 unspecified atom stereocenters. The van der Waals surface area contributed by atoms with Crippen LogP contribution >= 0.6 is 46.1 Å². The molecule has 320 valence electrons. The summed E-state index contributed by atoms with van der Waals surface area (Å²) in [4.78, 5) is 52.5. The second-order valence-corrected chi connectivity index (χ2v) is 18.9. The van der Waals surface area contributed by atoms with Crippen molar-refractivity contribution in [1.29, 1.82) is 0 Å². The molecule has 2 aliphatic heterocycles. The lowest BCUT2D eigenvalue weighted by Crippen LogP contribution is -2.66. The summed E-state index contributed by atoms with van der Waals surface area (Å²) in [5.41, 5.74) is -0.995. The monoisotopic (exact) mass is 900 g/mol. The van der Waals surface area contributed by atoms with Crippen LogP contribution in [0.1, 0.15) is 82.4 Å². The van der Waals surface area contributed by atoms with Crippen LogP contribution in [0.2, 0.25) is 15.1 Å². The van der Waals surface area contributed by atoms with Crippen LogP contribution in [0.15, 0.2) is 42.1 Å². The molecule has 6 rings (SSSR count). The maximum Gasteiger partial charge on any atom is 0.417 e. The number of aryl methyl sites for hydroxylation is 1. The first-order valence-electron chi connectivity index (χ1n) is 19.1. The average Bonchev–Trinajstić information content (AvgIpc) is 3.83. The van der Waals surface area contributed by atoms with Gasteiger partial charge < -0.3 is 28.7 Å². The third-order valence-electron chi connectivity index (χ3n) is 9.59. The number of carbonyl (C=O) groups excluding carboxylic acids is 3. The Kier molecular flexibility index (Phi) is 13.0. The Balaban J connectivity index is 1.39. The predicted octanol–water partition coefficient (Wildman–Crippen LogP) is 10.5. The van der Waals surface area contributed by atoms with E-state index in [-0.39, 0.29) is 61.6 Å². The first kappa shape index (κ1) is 44.6. The number of halogens is 6. The van der Waals surface area contributed by atoms with Crippen LogP contribution < -0.4 is 9.47 Å². The van der Waals surface area contributed by atoms with Gasteiger partial charge in [0, 0.05) is 37.4 Å². The van der Waals surface area contributed by atoms with Crippen LogP contribution in [0, 0.1) is 6.92 Å². The Labute approximate surface area is 360 Å². The van der Waals surface area contributed by atoms with Crippen molar-refractivity contribution in [3.8, 4) is 10.9 Å². The largest absolute Gasteiger partial charge is 0.487 e. The first-order chi connectivity index (χ1) is 27.5. The number of nitrogens with zero attached hydrogens (tertiary/aromatic N) is 4. The maximum atomic E-state index is 15.3. The zero-order valence-corrected chi connectivity index (χ0v) is 36.8. The molecular formula is C41H46Cl3F3N4O7S. The second-order valence-electron chi connectivity index (χ2n) is 16.7. The Morgan fingerprint density at radius 3 is 2.15 bits per heavy atom. The highest BCUT2D eigenvalue weighted by Gasteiger charge is 2.51. The van der Waals surface area contributed by atoms with Crippen LogP contribution in [-0.2, 0) is 27.0 Å². The molecule has 2 atom stereocenters. The van der Waals surface area contributed by atoms with E-state index in [9.17, 15) is 22.8 Å². The molecule has 3 heterocycles. The zero-order valence-electron chi connectivity index (χ0n) is 33.7. The molecule has 1 saturated carbocycles. The third-order valence-corrected chi connectivity index (χ3v) is 11.6. The minimum atomic E-state index is -4.71. The van der Waals surface area contributed by atoms with Gasteiger partial charge in [0.2, 0.25) is 0 Å². The standard InChI is InChI=1S/C41H46Cl3F3N4O7S/c1-22-15-28(42)34(29(43)16-22)55-13-14-56-36-48-18-31(59-36)26-17-25-20-49(37(53)57-39(2,3)4)21-30(51(25)38(54)58-40(5,6)7)32(26)35(52)50(24-11-12-24)19-23-9-8-10-27(33(23)44)41(45,46)47/h8-10,15-16,18,24-25,30H,11-14,17,19-21H2,1-7H3. The molecule has 59 heavy (non-hydrogen) atoms. The van der Waals surface area contributed by atoms with Crippen LogP contribution in [0.25, 0.3) is 5.57 Å². The van der Waals surface area contributed by atoms with Gasteiger partial charge in [0.15, 0.2) is 5.75 Å². The van der Waals surface area contributed by atoms with E-state index in [1.807, 2.05) is 6.92 Å². The van der Waals surface area contributed by atoms with Gasteiger partial charge in [-0.15, -0.1) is 0 Å². The van der Waals surface area contributed by atoms with Crippen LogP contribution in [0.4, 0.5) is 22.8 Å². The van der Waals surface area contributed by atoms with Crippen LogP contribution in [0.3, 0.4) is 0 Å². The van der Waals surface area contributed by atoms with Crippen molar-refractivity contribution >= 4 is 69.8 Å². The summed E-state index contributed by atoms with van der Waals surface area (Å²) in [7, 11) is 0. The number of ether oxygens (including phenoxy) is 4. The Morgan fingerprint density at radius 2 is 1.54 bits per heavy atom. The summed E-state index contributed by atoms with van der Waals surface area (Å²) >= 11 is 20.2. The molecule has 3 aliphatic rings. The highest BCUT2D eigenvalue weighted by atomic mass is 35.5. The zero-order chi connectivity index (χ0) is 43.2. The van der Waals surface area contributed by atoms with Gasteiger partial charge in [-0.05, 0) is 103 Å². The average molecular weight is 902 g/mol. The van der Waals surface area contributed by atoms with Crippen molar-refractivity contribution in [2.75, 3.05) is 26.3 Å². The summed E-state index contributed by atoms with van der Waals surface area (Å²) in [6, 6.07) is 5.08. The molecule has 2 fully saturated rings. The van der Waals surface area contributed by atoms with Crippen LogP contribution in [-0.4, -0.2) is 93.4 Å². The molecule has 0 N–H and O–H groups in total. The summed E-state index contributed by atoms with van der Waals surface area (Å²) < 4.78 is 65.1. The van der Waals surface area contributed by atoms with Crippen molar-refractivity contribution in [2.45, 2.75) is 110 Å². The van der Waals surface area contributed by atoms with Crippen molar-refractivity contribution in [3.05, 3.63) is 78.7 Å². The number of piperazine rings is 1. The van der Waals surface area contributed by atoms with E-state index in [0.29, 0.717) is 39.1 Å². The highest BCUT2D eigenvalue weighted by molar-refractivity contribution is 7.14. The molecule has 2 bridgehead atoms.